The van der Waals surface area contributed by atoms with Gasteiger partial charge < -0.3 is 10.6 Å². The molecule has 0 radical (unpaired) electrons. The third-order valence-corrected chi connectivity index (χ3v) is 5.25. The number of thioether (sulfide) groups is 1. The lowest BCUT2D eigenvalue weighted by atomic mass is 10.2. The van der Waals surface area contributed by atoms with Crippen LogP contribution in [0.1, 0.15) is 12.0 Å². The molecule has 6 nitrogen and oxygen atoms in total. The van der Waals surface area contributed by atoms with Gasteiger partial charge in [-0.25, -0.2) is 9.78 Å². The molecule has 0 fully saturated rings. The number of fused-ring (bicyclic) bond motifs is 1. The highest BCUT2D eigenvalue weighted by molar-refractivity contribution is 7.99. The molecular weight excluding hydrogens is 372 g/mol. The van der Waals surface area contributed by atoms with Crippen molar-refractivity contribution >= 4 is 41.0 Å². The third-order valence-electron chi connectivity index (χ3n) is 3.90. The van der Waals surface area contributed by atoms with Crippen LogP contribution in [0.2, 0.25) is 5.02 Å². The average molecular weight is 391 g/mol. The van der Waals surface area contributed by atoms with E-state index in [4.69, 9.17) is 11.6 Å². The van der Waals surface area contributed by atoms with Gasteiger partial charge in [0, 0.05) is 43.0 Å². The Morgan fingerprint density at radius 1 is 1.19 bits per heavy atom. The topological polar surface area (TPSA) is 74.3 Å². The van der Waals surface area contributed by atoms with Crippen LogP contribution in [-0.4, -0.2) is 35.8 Å². The molecule has 0 bridgehead atoms. The summed E-state index contributed by atoms with van der Waals surface area (Å²) in [7, 11) is 0. The molecule has 3 rings (SSSR count). The molecule has 0 aliphatic carbocycles. The summed E-state index contributed by atoms with van der Waals surface area (Å²) in [6.45, 7) is 1.26. The van der Waals surface area contributed by atoms with Crippen molar-refractivity contribution in [1.82, 2.24) is 15.6 Å². The Morgan fingerprint density at radius 3 is 2.88 bits per heavy atom. The fourth-order valence-corrected chi connectivity index (χ4v) is 3.70. The molecule has 2 N–H and O–H groups in total. The molecule has 0 saturated heterocycles. The number of hydrogen-bond donors (Lipinski definition) is 2. The number of halogens is 1. The second-order valence-corrected chi connectivity index (χ2v) is 7.17. The van der Waals surface area contributed by atoms with Gasteiger partial charge in [0.1, 0.15) is 5.03 Å². The second-order valence-electron chi connectivity index (χ2n) is 5.68. The molecular formula is C18H19ClN4O2S. The highest BCUT2D eigenvalue weighted by Crippen LogP contribution is 2.32. The first-order valence-electron chi connectivity index (χ1n) is 8.28. The second kappa shape index (κ2) is 8.91. The molecule has 2 aromatic rings. The number of carbonyl (C=O) groups excluding carboxylic acids is 2. The number of urea groups is 1. The van der Waals surface area contributed by atoms with Crippen molar-refractivity contribution in [3.63, 3.8) is 0 Å². The summed E-state index contributed by atoms with van der Waals surface area (Å²) >= 11 is 7.70. The normalized spacial score (nSPS) is 13.0. The first-order chi connectivity index (χ1) is 12.6. The number of amides is 3. The van der Waals surface area contributed by atoms with Crippen LogP contribution in [0.15, 0.2) is 47.6 Å². The van der Waals surface area contributed by atoms with Gasteiger partial charge in [-0.3, -0.25) is 9.69 Å². The summed E-state index contributed by atoms with van der Waals surface area (Å²) < 4.78 is 0. The van der Waals surface area contributed by atoms with Gasteiger partial charge in [0.05, 0.1) is 5.69 Å². The Bertz CT molecular complexity index is 802. The monoisotopic (exact) mass is 390 g/mol. The van der Waals surface area contributed by atoms with E-state index in [-0.39, 0.29) is 24.9 Å². The van der Waals surface area contributed by atoms with Crippen molar-refractivity contribution in [3.8, 4) is 0 Å². The van der Waals surface area contributed by atoms with Gasteiger partial charge in [-0.05, 0) is 23.8 Å². The van der Waals surface area contributed by atoms with Crippen LogP contribution in [0.4, 0.5) is 10.5 Å². The van der Waals surface area contributed by atoms with Gasteiger partial charge in [0.15, 0.2) is 0 Å². The fraction of sp³-hybridized carbons (Fsp3) is 0.278. The van der Waals surface area contributed by atoms with E-state index in [1.807, 2.05) is 30.3 Å². The quantitative estimate of drug-likeness (QED) is 0.822. The van der Waals surface area contributed by atoms with Crippen molar-refractivity contribution in [1.29, 1.82) is 0 Å². The zero-order valence-corrected chi connectivity index (χ0v) is 15.6. The zero-order valence-electron chi connectivity index (χ0n) is 14.1. The van der Waals surface area contributed by atoms with E-state index in [1.54, 1.807) is 28.9 Å². The maximum absolute atomic E-state index is 12.4. The summed E-state index contributed by atoms with van der Waals surface area (Å²) in [5, 5.41) is 7.08. The minimum absolute atomic E-state index is 0.138. The number of aromatic nitrogens is 1. The molecule has 1 aromatic carbocycles. The van der Waals surface area contributed by atoms with Gasteiger partial charge in [-0.2, -0.15) is 0 Å². The minimum atomic E-state index is -0.210. The van der Waals surface area contributed by atoms with Gasteiger partial charge in [0.2, 0.25) is 5.91 Å². The first-order valence-corrected chi connectivity index (χ1v) is 9.65. The summed E-state index contributed by atoms with van der Waals surface area (Å²) in [6.07, 6.45) is 1.93. The van der Waals surface area contributed by atoms with E-state index in [2.05, 4.69) is 15.6 Å². The van der Waals surface area contributed by atoms with Crippen molar-refractivity contribution in [2.75, 3.05) is 23.7 Å². The number of pyridine rings is 1. The summed E-state index contributed by atoms with van der Waals surface area (Å²) in [6, 6.07) is 10.8. The lowest BCUT2D eigenvalue weighted by molar-refractivity contribution is -0.121. The molecule has 3 amide bonds. The van der Waals surface area contributed by atoms with E-state index < -0.39 is 0 Å². The van der Waals surface area contributed by atoms with Crippen LogP contribution in [0.5, 0.6) is 0 Å². The van der Waals surface area contributed by atoms with Crippen LogP contribution >= 0.6 is 23.4 Å². The molecule has 0 spiro atoms. The summed E-state index contributed by atoms with van der Waals surface area (Å²) in [5.41, 5.74) is 1.67. The molecule has 2 heterocycles. The number of nitrogens with one attached hydrogen (secondary N) is 2. The Balaban J connectivity index is 1.44. The molecule has 0 saturated carbocycles. The van der Waals surface area contributed by atoms with Gasteiger partial charge in [-0.15, -0.1) is 11.8 Å². The molecule has 136 valence electrons. The molecule has 26 heavy (non-hydrogen) atoms. The molecule has 1 aromatic heterocycles. The van der Waals surface area contributed by atoms with Crippen molar-refractivity contribution in [3.05, 3.63) is 53.2 Å². The lowest BCUT2D eigenvalue weighted by Gasteiger charge is -2.28. The number of nitrogens with zero attached hydrogens (tertiary/aromatic N) is 2. The van der Waals surface area contributed by atoms with Gasteiger partial charge >= 0.3 is 6.03 Å². The Hall–Kier alpha value is -2.25. The molecule has 0 unspecified atom stereocenters. The highest BCUT2D eigenvalue weighted by atomic mass is 35.5. The van der Waals surface area contributed by atoms with Crippen LogP contribution in [0.3, 0.4) is 0 Å². The van der Waals surface area contributed by atoms with Crippen LogP contribution < -0.4 is 15.5 Å². The predicted molar refractivity (Wildman–Crippen MR) is 104 cm³/mol. The molecule has 1 aliphatic rings. The van der Waals surface area contributed by atoms with Crippen LogP contribution in [0, 0.1) is 0 Å². The van der Waals surface area contributed by atoms with E-state index in [0.717, 1.165) is 22.0 Å². The number of anilines is 1. The summed E-state index contributed by atoms with van der Waals surface area (Å²) in [4.78, 5) is 30.3. The van der Waals surface area contributed by atoms with Crippen LogP contribution in [0.25, 0.3) is 0 Å². The van der Waals surface area contributed by atoms with Crippen molar-refractivity contribution in [2.45, 2.75) is 18.0 Å². The zero-order chi connectivity index (χ0) is 18.4. The largest absolute Gasteiger partial charge is 0.352 e. The van der Waals surface area contributed by atoms with E-state index in [0.29, 0.717) is 18.1 Å². The Labute approximate surface area is 161 Å². The summed E-state index contributed by atoms with van der Waals surface area (Å²) in [5.74, 6) is 0.664. The van der Waals surface area contributed by atoms with Gasteiger partial charge in [-0.1, -0.05) is 29.8 Å². The molecule has 1 aliphatic heterocycles. The standard InChI is InChI=1S/C18H19ClN4O2S/c19-14-5-2-1-4-13(14)12-22-16(24)7-9-21-18(25)23-10-11-26-17-15(23)6-3-8-20-17/h1-6,8H,7,9-12H2,(H,21,25)(H,22,24). The first kappa shape index (κ1) is 18.5. The minimum Gasteiger partial charge on any atom is -0.352 e. The SMILES string of the molecule is O=C(CCNC(=O)N1CCSc2ncccc21)NCc1ccccc1Cl. The Kier molecular flexibility index (Phi) is 6.35. The molecule has 8 heteroatoms. The van der Waals surface area contributed by atoms with E-state index in [1.165, 1.54) is 0 Å². The number of benzene rings is 1. The molecule has 0 atom stereocenters. The van der Waals surface area contributed by atoms with E-state index in [9.17, 15) is 9.59 Å². The maximum atomic E-state index is 12.4. The van der Waals surface area contributed by atoms with Gasteiger partial charge in [0.25, 0.3) is 0 Å². The van der Waals surface area contributed by atoms with Crippen LogP contribution in [-0.2, 0) is 11.3 Å². The van der Waals surface area contributed by atoms with Crippen molar-refractivity contribution in [2.24, 2.45) is 0 Å². The van der Waals surface area contributed by atoms with E-state index >= 15 is 0 Å². The third kappa shape index (κ3) is 4.68. The highest BCUT2D eigenvalue weighted by Gasteiger charge is 2.23. The predicted octanol–water partition coefficient (Wildman–Crippen LogP) is 3.06. The Morgan fingerprint density at radius 2 is 2.04 bits per heavy atom. The number of rotatable bonds is 5. The lowest BCUT2D eigenvalue weighted by Crippen LogP contribution is -2.44. The fourth-order valence-electron chi connectivity index (χ4n) is 2.57. The maximum Gasteiger partial charge on any atom is 0.322 e. The number of hydrogen-bond acceptors (Lipinski definition) is 4. The average Bonchev–Trinajstić information content (AvgIpc) is 2.67. The number of carbonyl (C=O) groups is 2. The van der Waals surface area contributed by atoms with Crippen molar-refractivity contribution < 1.29 is 9.59 Å². The smallest absolute Gasteiger partial charge is 0.322 e.